The summed E-state index contributed by atoms with van der Waals surface area (Å²) in [5.74, 6) is -1.30. The molecule has 30 heavy (non-hydrogen) atoms. The predicted octanol–water partition coefficient (Wildman–Crippen LogP) is 2.62. The van der Waals surface area contributed by atoms with E-state index in [1.165, 1.54) is 17.3 Å². The molecule has 166 valence electrons. The van der Waals surface area contributed by atoms with Crippen molar-refractivity contribution in [3.63, 3.8) is 0 Å². The number of nitrogens with zero attached hydrogens (tertiary/aromatic N) is 1. The maximum atomic E-state index is 12.9. The average Bonchev–Trinajstić information content (AvgIpc) is 3.21. The Morgan fingerprint density at radius 3 is 2.43 bits per heavy atom. The number of morpholine rings is 1. The van der Waals surface area contributed by atoms with E-state index in [1.54, 1.807) is 0 Å². The van der Waals surface area contributed by atoms with Crippen molar-refractivity contribution >= 4 is 45.1 Å². The van der Waals surface area contributed by atoms with E-state index in [1.807, 2.05) is 0 Å². The van der Waals surface area contributed by atoms with Crippen molar-refractivity contribution in [1.82, 2.24) is 9.62 Å². The van der Waals surface area contributed by atoms with Crippen LogP contribution in [0.2, 0.25) is 10.0 Å². The lowest BCUT2D eigenvalue weighted by Crippen LogP contribution is -2.41. The molecule has 1 aromatic rings. The zero-order valence-corrected chi connectivity index (χ0v) is 18.9. The van der Waals surface area contributed by atoms with E-state index in [4.69, 9.17) is 32.7 Å². The molecule has 1 aliphatic carbocycles. The standard InChI is InChI=1S/C19H24Cl2N2O6S/c1-12(18(24)22-13-4-2-3-5-13)29-19(25)14-10-17(16(21)11-15(14)20)30(26,27)23-6-8-28-9-7-23/h10-13H,2-9H2,1H3,(H,22,24)/t12-/m0/s1. The van der Waals surface area contributed by atoms with E-state index in [-0.39, 0.29) is 52.8 Å². The molecular formula is C19H24Cl2N2O6S. The van der Waals surface area contributed by atoms with Crippen LogP contribution in [0.1, 0.15) is 43.0 Å². The molecule has 11 heteroatoms. The van der Waals surface area contributed by atoms with Gasteiger partial charge in [0.05, 0.1) is 28.8 Å². The van der Waals surface area contributed by atoms with Crippen molar-refractivity contribution in [1.29, 1.82) is 0 Å². The summed E-state index contributed by atoms with van der Waals surface area (Å²) in [4.78, 5) is 24.7. The molecule has 0 unspecified atom stereocenters. The van der Waals surface area contributed by atoms with Gasteiger partial charge in [-0.25, -0.2) is 13.2 Å². The van der Waals surface area contributed by atoms with Crippen molar-refractivity contribution in [2.24, 2.45) is 0 Å². The van der Waals surface area contributed by atoms with Crippen molar-refractivity contribution in [2.75, 3.05) is 26.3 Å². The number of amides is 1. The van der Waals surface area contributed by atoms with E-state index in [2.05, 4.69) is 5.32 Å². The Labute approximate surface area is 185 Å². The summed E-state index contributed by atoms with van der Waals surface area (Å²) >= 11 is 12.2. The molecule has 2 aliphatic rings. The minimum absolute atomic E-state index is 0.0608. The Morgan fingerprint density at radius 1 is 1.17 bits per heavy atom. The molecule has 1 atom stereocenters. The molecule has 3 rings (SSSR count). The minimum Gasteiger partial charge on any atom is -0.449 e. The smallest absolute Gasteiger partial charge is 0.340 e. The maximum absolute atomic E-state index is 12.9. The van der Waals surface area contributed by atoms with Crippen LogP contribution in [0.25, 0.3) is 0 Å². The Morgan fingerprint density at radius 2 is 1.80 bits per heavy atom. The first-order chi connectivity index (χ1) is 14.2. The van der Waals surface area contributed by atoms with Crippen molar-refractivity contribution in [2.45, 2.75) is 49.6 Å². The number of carbonyl (C=O) groups is 2. The number of hydrogen-bond acceptors (Lipinski definition) is 6. The van der Waals surface area contributed by atoms with Crippen LogP contribution in [-0.2, 0) is 24.3 Å². The van der Waals surface area contributed by atoms with Gasteiger partial charge in [0.1, 0.15) is 4.90 Å². The zero-order chi connectivity index (χ0) is 21.9. The summed E-state index contributed by atoms with van der Waals surface area (Å²) in [5.41, 5.74) is -0.173. The van der Waals surface area contributed by atoms with Crippen LogP contribution < -0.4 is 5.32 Å². The molecule has 1 saturated heterocycles. The van der Waals surface area contributed by atoms with E-state index >= 15 is 0 Å². The minimum atomic E-state index is -3.95. The number of halogens is 2. The number of sulfonamides is 1. The van der Waals surface area contributed by atoms with Gasteiger partial charge in [-0.05, 0) is 31.9 Å². The number of nitrogens with one attached hydrogen (secondary N) is 1. The highest BCUT2D eigenvalue weighted by Crippen LogP contribution is 2.31. The molecule has 1 aliphatic heterocycles. The van der Waals surface area contributed by atoms with E-state index < -0.39 is 28.0 Å². The van der Waals surface area contributed by atoms with Crippen LogP contribution in [-0.4, -0.2) is 63.0 Å². The lowest BCUT2D eigenvalue weighted by molar-refractivity contribution is -0.129. The molecule has 8 nitrogen and oxygen atoms in total. The highest BCUT2D eigenvalue weighted by atomic mass is 35.5. The number of hydrogen-bond donors (Lipinski definition) is 1. The molecule has 1 N–H and O–H groups in total. The van der Waals surface area contributed by atoms with Crippen LogP contribution >= 0.6 is 23.2 Å². The van der Waals surface area contributed by atoms with Gasteiger partial charge in [-0.3, -0.25) is 4.79 Å². The van der Waals surface area contributed by atoms with Crippen LogP contribution in [0.4, 0.5) is 0 Å². The van der Waals surface area contributed by atoms with Crippen molar-refractivity contribution in [3.8, 4) is 0 Å². The van der Waals surface area contributed by atoms with Gasteiger partial charge in [0.15, 0.2) is 6.10 Å². The third-order valence-electron chi connectivity index (χ3n) is 5.18. The summed E-state index contributed by atoms with van der Waals surface area (Å²) < 4.78 is 37.5. The number of rotatable bonds is 6. The zero-order valence-electron chi connectivity index (χ0n) is 16.5. The third-order valence-corrected chi connectivity index (χ3v) is 7.86. The van der Waals surface area contributed by atoms with Crippen LogP contribution in [0.3, 0.4) is 0 Å². The molecule has 1 saturated carbocycles. The van der Waals surface area contributed by atoms with Gasteiger partial charge in [0, 0.05) is 19.1 Å². The second kappa shape index (κ2) is 9.82. The molecule has 0 aromatic heterocycles. The highest BCUT2D eigenvalue weighted by molar-refractivity contribution is 7.89. The molecule has 1 aromatic carbocycles. The summed E-state index contributed by atoms with van der Waals surface area (Å²) in [7, 11) is -3.95. The van der Waals surface area contributed by atoms with Gasteiger partial charge in [0.25, 0.3) is 5.91 Å². The average molecular weight is 479 g/mol. The Bertz CT molecular complexity index is 912. The molecule has 0 bridgehead atoms. The van der Waals surface area contributed by atoms with Crippen LogP contribution in [0.5, 0.6) is 0 Å². The Hall–Kier alpha value is -1.39. The molecular weight excluding hydrogens is 455 g/mol. The third kappa shape index (κ3) is 5.26. The summed E-state index contributed by atoms with van der Waals surface area (Å²) in [6.07, 6.45) is 2.86. The Balaban J connectivity index is 1.77. The lowest BCUT2D eigenvalue weighted by atomic mass is 10.2. The lowest BCUT2D eigenvalue weighted by Gasteiger charge is -2.26. The van der Waals surface area contributed by atoms with Crippen molar-refractivity contribution in [3.05, 3.63) is 27.7 Å². The van der Waals surface area contributed by atoms with Gasteiger partial charge >= 0.3 is 5.97 Å². The molecule has 0 radical (unpaired) electrons. The maximum Gasteiger partial charge on any atom is 0.340 e. The van der Waals surface area contributed by atoms with Gasteiger partial charge in [-0.2, -0.15) is 4.31 Å². The van der Waals surface area contributed by atoms with Gasteiger partial charge in [0.2, 0.25) is 10.0 Å². The first kappa shape index (κ1) is 23.3. The summed E-state index contributed by atoms with van der Waals surface area (Å²) in [5, 5.41) is 2.69. The fourth-order valence-corrected chi connectivity index (χ4v) is 5.71. The van der Waals surface area contributed by atoms with Crippen LogP contribution in [0, 0.1) is 0 Å². The number of carbonyl (C=O) groups excluding carboxylic acids is 2. The van der Waals surface area contributed by atoms with Crippen LogP contribution in [0.15, 0.2) is 17.0 Å². The second-order valence-corrected chi connectivity index (χ2v) is 10.0. The van der Waals surface area contributed by atoms with E-state index in [0.717, 1.165) is 31.7 Å². The fraction of sp³-hybridized carbons (Fsp3) is 0.579. The fourth-order valence-electron chi connectivity index (χ4n) is 3.48. The van der Waals surface area contributed by atoms with Gasteiger partial charge in [-0.1, -0.05) is 36.0 Å². The highest BCUT2D eigenvalue weighted by Gasteiger charge is 2.31. The van der Waals surface area contributed by atoms with Crippen molar-refractivity contribution < 1.29 is 27.5 Å². The molecule has 2 fully saturated rings. The summed E-state index contributed by atoms with van der Waals surface area (Å²) in [6, 6.07) is 2.37. The van der Waals surface area contributed by atoms with E-state index in [9.17, 15) is 18.0 Å². The topological polar surface area (TPSA) is 102 Å². The SMILES string of the molecule is C[C@H](OC(=O)c1cc(S(=O)(=O)N2CCOCC2)c(Cl)cc1Cl)C(=O)NC1CCCC1. The molecule has 0 spiro atoms. The first-order valence-corrected chi connectivity index (χ1v) is 12.0. The van der Waals surface area contributed by atoms with E-state index in [0.29, 0.717) is 0 Å². The van der Waals surface area contributed by atoms with Gasteiger partial charge in [-0.15, -0.1) is 0 Å². The van der Waals surface area contributed by atoms with Gasteiger partial charge < -0.3 is 14.8 Å². The largest absolute Gasteiger partial charge is 0.449 e. The second-order valence-electron chi connectivity index (χ2n) is 7.32. The number of esters is 1. The molecule has 1 heterocycles. The number of benzene rings is 1. The quantitative estimate of drug-likeness (QED) is 0.630. The monoisotopic (exact) mass is 478 g/mol. The molecule has 1 amide bonds. The predicted molar refractivity (Wildman–Crippen MR) is 111 cm³/mol. The first-order valence-electron chi connectivity index (χ1n) is 9.78. The summed E-state index contributed by atoms with van der Waals surface area (Å²) in [6.45, 7) is 2.36. The Kier molecular flexibility index (Phi) is 7.62. The number of ether oxygens (including phenoxy) is 2. The normalized spacial score (nSPS) is 19.4.